The summed E-state index contributed by atoms with van der Waals surface area (Å²) in [5, 5.41) is 8.60. The number of hydrogen-bond acceptors (Lipinski definition) is 5. The van der Waals surface area contributed by atoms with Crippen LogP contribution in [0.2, 0.25) is 5.02 Å². The van der Waals surface area contributed by atoms with E-state index in [1.165, 1.54) is 0 Å². The molecule has 7 nitrogen and oxygen atoms in total. The molecule has 2 amide bonds. The van der Waals surface area contributed by atoms with Crippen LogP contribution in [0.3, 0.4) is 0 Å². The predicted molar refractivity (Wildman–Crippen MR) is 155 cm³/mol. The van der Waals surface area contributed by atoms with E-state index >= 15 is 0 Å². The average molecular weight is 604 g/mol. The van der Waals surface area contributed by atoms with Crippen LogP contribution in [-0.2, 0) is 20.7 Å². The lowest BCUT2D eigenvalue weighted by Crippen LogP contribution is -2.49. The van der Waals surface area contributed by atoms with Gasteiger partial charge in [-0.05, 0) is 47.7 Å². The standard InChI is InChI=1S/C31H33ClF3N3O4/c32-24-13-10-22(11-14-24)27(21-6-2-1-3-7-21)16-29(39)38-28-9-5-4-8-23(28)12-15-26-17-36-25(18-41-26)19-42-30(40)37-20-31(33,34)35/h1-11,13-14,25-27,36H,12,15-20H2,(H,37,40)(H,38,39)/t25-,26+,27+/m0/s1. The monoisotopic (exact) mass is 603 g/mol. The number of para-hydroxylation sites is 1. The highest BCUT2D eigenvalue weighted by Gasteiger charge is 2.29. The van der Waals surface area contributed by atoms with Crippen molar-refractivity contribution in [2.45, 2.75) is 43.5 Å². The first-order valence-electron chi connectivity index (χ1n) is 13.7. The van der Waals surface area contributed by atoms with Crippen molar-refractivity contribution in [1.29, 1.82) is 0 Å². The van der Waals surface area contributed by atoms with E-state index in [9.17, 15) is 22.8 Å². The normalized spacial score (nSPS) is 17.7. The van der Waals surface area contributed by atoms with Gasteiger partial charge in [0.1, 0.15) is 13.2 Å². The second-order valence-corrected chi connectivity index (χ2v) is 10.5. The van der Waals surface area contributed by atoms with Crippen LogP contribution in [0, 0.1) is 0 Å². The Hall–Kier alpha value is -3.60. The van der Waals surface area contributed by atoms with E-state index < -0.39 is 18.8 Å². The minimum atomic E-state index is -4.50. The molecular weight excluding hydrogens is 571 g/mol. The van der Waals surface area contributed by atoms with E-state index in [-0.39, 0.29) is 43.6 Å². The van der Waals surface area contributed by atoms with Crippen molar-refractivity contribution < 1.29 is 32.2 Å². The van der Waals surface area contributed by atoms with E-state index in [0.717, 1.165) is 22.4 Å². The SMILES string of the molecule is O=C(C[C@H](c1ccccc1)c1ccc(Cl)cc1)Nc1ccccc1CC[C@@H]1CN[C@H](COC(=O)NCC(F)(F)F)CO1. The number of amides is 2. The lowest BCUT2D eigenvalue weighted by molar-refractivity contribution is -0.124. The molecule has 0 unspecified atom stereocenters. The minimum Gasteiger partial charge on any atom is -0.448 e. The van der Waals surface area contributed by atoms with E-state index in [4.69, 9.17) is 21.1 Å². The topological polar surface area (TPSA) is 88.7 Å². The molecule has 1 aliphatic heterocycles. The van der Waals surface area contributed by atoms with Gasteiger partial charge in [0.2, 0.25) is 5.91 Å². The Labute approximate surface area is 247 Å². The van der Waals surface area contributed by atoms with Gasteiger partial charge in [-0.15, -0.1) is 0 Å². The van der Waals surface area contributed by atoms with Crippen LogP contribution in [0.5, 0.6) is 0 Å². The molecule has 0 aromatic heterocycles. The minimum absolute atomic E-state index is 0.106. The highest BCUT2D eigenvalue weighted by Crippen LogP contribution is 2.30. The van der Waals surface area contributed by atoms with Crippen LogP contribution in [0.25, 0.3) is 0 Å². The molecule has 0 spiro atoms. The van der Waals surface area contributed by atoms with Gasteiger partial charge in [-0.1, -0.05) is 72.3 Å². The van der Waals surface area contributed by atoms with Gasteiger partial charge in [0, 0.05) is 29.6 Å². The molecule has 1 fully saturated rings. The fraction of sp³-hybridized carbons (Fsp3) is 0.355. The fourth-order valence-electron chi connectivity index (χ4n) is 4.73. The van der Waals surface area contributed by atoms with Gasteiger partial charge in [-0.25, -0.2) is 4.79 Å². The Kier molecular flexibility index (Phi) is 11.2. The predicted octanol–water partition coefficient (Wildman–Crippen LogP) is 6.08. The number of rotatable bonds is 11. The van der Waals surface area contributed by atoms with Gasteiger partial charge < -0.3 is 25.4 Å². The summed E-state index contributed by atoms with van der Waals surface area (Å²) in [4.78, 5) is 24.7. The zero-order valence-electron chi connectivity index (χ0n) is 22.8. The first-order chi connectivity index (χ1) is 20.2. The number of benzene rings is 3. The Morgan fingerprint density at radius 3 is 2.38 bits per heavy atom. The number of ether oxygens (including phenoxy) is 2. The maximum Gasteiger partial charge on any atom is 0.407 e. The van der Waals surface area contributed by atoms with Gasteiger partial charge in [0.25, 0.3) is 0 Å². The Balaban J connectivity index is 1.27. The highest BCUT2D eigenvalue weighted by atomic mass is 35.5. The number of alkyl halides is 3. The third kappa shape index (κ3) is 10.0. The molecule has 0 saturated carbocycles. The Morgan fingerprint density at radius 2 is 1.69 bits per heavy atom. The molecule has 11 heteroatoms. The summed E-state index contributed by atoms with van der Waals surface area (Å²) < 4.78 is 47.3. The summed E-state index contributed by atoms with van der Waals surface area (Å²) in [6, 6.07) is 24.7. The molecule has 3 aromatic rings. The van der Waals surface area contributed by atoms with Crippen LogP contribution >= 0.6 is 11.6 Å². The number of aryl methyl sites for hydroxylation is 1. The summed E-state index contributed by atoms with van der Waals surface area (Å²) in [6.07, 6.45) is -4.15. The van der Waals surface area contributed by atoms with E-state index in [2.05, 4.69) is 10.6 Å². The van der Waals surface area contributed by atoms with E-state index in [0.29, 0.717) is 24.4 Å². The third-order valence-electron chi connectivity index (χ3n) is 6.91. The van der Waals surface area contributed by atoms with Gasteiger partial charge in [-0.2, -0.15) is 13.2 Å². The summed E-state index contributed by atoms with van der Waals surface area (Å²) in [6.45, 7) is -0.806. The largest absolute Gasteiger partial charge is 0.448 e. The number of halogens is 4. The molecule has 3 aromatic carbocycles. The number of carbonyl (C=O) groups excluding carboxylic acids is 2. The van der Waals surface area contributed by atoms with Crippen LogP contribution in [0.15, 0.2) is 78.9 Å². The maximum atomic E-state index is 13.3. The fourth-order valence-corrected chi connectivity index (χ4v) is 4.86. The van der Waals surface area contributed by atoms with E-state index in [1.807, 2.05) is 78.9 Å². The number of alkyl carbamates (subject to hydrolysis) is 1. The first kappa shape index (κ1) is 31.3. The zero-order chi connectivity index (χ0) is 30.0. The summed E-state index contributed by atoms with van der Waals surface area (Å²) in [7, 11) is 0. The van der Waals surface area contributed by atoms with Crippen molar-refractivity contribution in [1.82, 2.24) is 10.6 Å². The van der Waals surface area contributed by atoms with Gasteiger partial charge in [0.05, 0.1) is 18.8 Å². The number of hydrogen-bond donors (Lipinski definition) is 3. The molecule has 3 atom stereocenters. The van der Waals surface area contributed by atoms with E-state index in [1.54, 1.807) is 5.32 Å². The quantitative estimate of drug-likeness (QED) is 0.247. The van der Waals surface area contributed by atoms with Crippen molar-refractivity contribution in [3.8, 4) is 0 Å². The van der Waals surface area contributed by atoms with Crippen molar-refractivity contribution in [2.24, 2.45) is 0 Å². The smallest absolute Gasteiger partial charge is 0.407 e. The van der Waals surface area contributed by atoms with Crippen molar-refractivity contribution in [3.05, 3.63) is 101 Å². The number of carbonyl (C=O) groups is 2. The second-order valence-electron chi connectivity index (χ2n) is 10.1. The molecule has 0 bridgehead atoms. The van der Waals surface area contributed by atoms with Crippen LogP contribution in [0.1, 0.15) is 35.4 Å². The van der Waals surface area contributed by atoms with Crippen LogP contribution in [0.4, 0.5) is 23.7 Å². The molecule has 0 radical (unpaired) electrons. The number of morpholine rings is 1. The molecule has 1 aliphatic rings. The zero-order valence-corrected chi connectivity index (χ0v) is 23.6. The number of anilines is 1. The van der Waals surface area contributed by atoms with Crippen LogP contribution < -0.4 is 16.0 Å². The van der Waals surface area contributed by atoms with Gasteiger partial charge in [-0.3, -0.25) is 4.79 Å². The molecule has 3 N–H and O–H groups in total. The summed E-state index contributed by atoms with van der Waals surface area (Å²) in [5.74, 6) is -0.242. The Morgan fingerprint density at radius 1 is 1.00 bits per heavy atom. The van der Waals surface area contributed by atoms with Gasteiger partial charge in [0.15, 0.2) is 0 Å². The van der Waals surface area contributed by atoms with Crippen molar-refractivity contribution in [3.63, 3.8) is 0 Å². The number of nitrogens with one attached hydrogen (secondary N) is 3. The molecule has 4 rings (SSSR count). The lowest BCUT2D eigenvalue weighted by Gasteiger charge is -2.30. The van der Waals surface area contributed by atoms with Crippen molar-refractivity contribution in [2.75, 3.05) is 31.6 Å². The maximum absolute atomic E-state index is 13.3. The Bertz CT molecular complexity index is 1300. The molecule has 1 saturated heterocycles. The molecular formula is C31H33ClF3N3O4. The van der Waals surface area contributed by atoms with Crippen LogP contribution in [-0.4, -0.2) is 56.6 Å². The molecule has 224 valence electrons. The average Bonchev–Trinajstić information content (AvgIpc) is 2.98. The second kappa shape index (κ2) is 15.0. The highest BCUT2D eigenvalue weighted by molar-refractivity contribution is 6.30. The molecule has 1 heterocycles. The summed E-state index contributed by atoms with van der Waals surface area (Å²) >= 11 is 6.09. The third-order valence-corrected chi connectivity index (χ3v) is 7.16. The molecule has 0 aliphatic carbocycles. The lowest BCUT2D eigenvalue weighted by atomic mass is 9.88. The molecule has 42 heavy (non-hydrogen) atoms. The summed E-state index contributed by atoms with van der Waals surface area (Å²) in [5.41, 5.74) is 3.76. The first-order valence-corrected chi connectivity index (χ1v) is 14.0. The van der Waals surface area contributed by atoms with Crippen molar-refractivity contribution >= 4 is 29.3 Å². The van der Waals surface area contributed by atoms with Gasteiger partial charge >= 0.3 is 12.3 Å².